The Bertz CT molecular complexity index is 1990. The summed E-state index contributed by atoms with van der Waals surface area (Å²) in [6.07, 6.45) is 17.8. The minimum atomic E-state index is -0.540. The second kappa shape index (κ2) is 13.5. The van der Waals surface area contributed by atoms with Gasteiger partial charge in [-0.15, -0.1) is 0 Å². The van der Waals surface area contributed by atoms with E-state index in [9.17, 15) is 14.4 Å². The van der Waals surface area contributed by atoms with Crippen LogP contribution in [0.3, 0.4) is 0 Å². The Hall–Kier alpha value is -4.14. The summed E-state index contributed by atoms with van der Waals surface area (Å²) >= 11 is 0. The van der Waals surface area contributed by atoms with Crippen molar-refractivity contribution in [2.24, 2.45) is 44.8 Å². The molecular formula is C46H58N4O5. The average Bonchev–Trinajstić information content (AvgIpc) is 3.71. The molecule has 55 heavy (non-hydrogen) atoms. The van der Waals surface area contributed by atoms with Crippen molar-refractivity contribution >= 4 is 17.8 Å². The Morgan fingerprint density at radius 1 is 0.836 bits per heavy atom. The van der Waals surface area contributed by atoms with Gasteiger partial charge in [0.15, 0.2) is 0 Å². The molecule has 0 aliphatic heterocycles. The van der Waals surface area contributed by atoms with Crippen LogP contribution < -0.4 is 0 Å². The van der Waals surface area contributed by atoms with Crippen molar-refractivity contribution in [1.82, 2.24) is 19.7 Å². The number of aromatic nitrogens is 4. The quantitative estimate of drug-likeness (QED) is 0.166. The van der Waals surface area contributed by atoms with Crippen LogP contribution in [0.4, 0.5) is 0 Å². The molecule has 0 unspecified atom stereocenters. The first kappa shape index (κ1) is 37.8. The van der Waals surface area contributed by atoms with Gasteiger partial charge in [0.05, 0.1) is 23.2 Å². The van der Waals surface area contributed by atoms with Crippen LogP contribution in [0.15, 0.2) is 72.8 Å². The molecule has 292 valence electrons. The molecule has 5 aliphatic carbocycles. The largest absolute Gasteiger partial charge is 0.465 e. The van der Waals surface area contributed by atoms with Gasteiger partial charge >= 0.3 is 11.9 Å². The molecule has 9 nitrogen and oxygen atoms in total. The van der Waals surface area contributed by atoms with Gasteiger partial charge in [-0.3, -0.25) is 24.4 Å². The number of carbonyl (C=O) groups excluding carboxylic acids is 3. The maximum atomic E-state index is 14.4. The molecule has 9 heteroatoms. The number of nitrogens with zero attached hydrogens (tertiary/aromatic N) is 4. The lowest BCUT2D eigenvalue weighted by Crippen LogP contribution is -2.65. The van der Waals surface area contributed by atoms with Crippen LogP contribution >= 0.6 is 0 Å². The zero-order chi connectivity index (χ0) is 38.9. The number of hydrogen-bond donors (Lipinski definition) is 0. The third-order valence-electron chi connectivity index (χ3n) is 16.0. The number of rotatable bonds is 8. The molecule has 0 saturated heterocycles. The Labute approximate surface area is 326 Å². The predicted octanol–water partition coefficient (Wildman–Crippen LogP) is 8.88. The van der Waals surface area contributed by atoms with E-state index in [2.05, 4.69) is 52.7 Å². The van der Waals surface area contributed by atoms with Crippen LogP contribution in [0.25, 0.3) is 0 Å². The molecule has 0 N–H and O–H groups in total. The number of carbonyl (C=O) groups is 3. The fourth-order valence-corrected chi connectivity index (χ4v) is 12.8. The summed E-state index contributed by atoms with van der Waals surface area (Å²) in [5, 5.41) is 4.00. The molecule has 0 radical (unpaired) electrons. The summed E-state index contributed by atoms with van der Waals surface area (Å²) < 4.78 is 13.6. The predicted molar refractivity (Wildman–Crippen MR) is 208 cm³/mol. The zero-order valence-corrected chi connectivity index (χ0v) is 33.6. The van der Waals surface area contributed by atoms with Crippen LogP contribution in [0.2, 0.25) is 0 Å². The standard InChI is InChI=1S/C46H58N4O5/c1-41(2)19-21-46(40(53)54-29-31-11-8-7-9-12-31)22-20-44(5)32(33(46)27-41)13-14-36-42(3)28-34-39(48-25-24-47-34)43(4,35(42)17-18-45(36,44)6)30-55-38(52)16-15-37(51)50-26-10-23-49-50/h7-13,23-26,33,35-36H,14-22,27-30H2,1-6H3/t33-,35+,36+,42-,43-,44+,45+,46-/m0/s1. The topological polar surface area (TPSA) is 113 Å². The number of benzene rings is 1. The highest BCUT2D eigenvalue weighted by Crippen LogP contribution is 2.75. The second-order valence-electron chi connectivity index (χ2n) is 19.4. The van der Waals surface area contributed by atoms with Gasteiger partial charge in [0.25, 0.3) is 0 Å². The van der Waals surface area contributed by atoms with Gasteiger partial charge in [-0.25, -0.2) is 4.68 Å². The van der Waals surface area contributed by atoms with Gasteiger partial charge in [-0.2, -0.15) is 5.10 Å². The van der Waals surface area contributed by atoms with Crippen LogP contribution in [-0.4, -0.2) is 44.2 Å². The lowest BCUT2D eigenvalue weighted by Gasteiger charge is -2.70. The molecule has 0 bridgehead atoms. The van der Waals surface area contributed by atoms with Crippen molar-refractivity contribution in [3.05, 3.63) is 89.8 Å². The molecule has 0 amide bonds. The fourth-order valence-electron chi connectivity index (χ4n) is 12.8. The van der Waals surface area contributed by atoms with Crippen molar-refractivity contribution < 1.29 is 23.9 Å². The summed E-state index contributed by atoms with van der Waals surface area (Å²) in [5.41, 5.74) is 3.36. The smallest absolute Gasteiger partial charge is 0.313 e. The minimum Gasteiger partial charge on any atom is -0.465 e. The van der Waals surface area contributed by atoms with Gasteiger partial charge < -0.3 is 9.47 Å². The number of allylic oxidation sites excluding steroid dienone is 2. The van der Waals surface area contributed by atoms with Crippen molar-refractivity contribution in [3.63, 3.8) is 0 Å². The van der Waals surface area contributed by atoms with E-state index in [1.165, 1.54) is 10.3 Å². The van der Waals surface area contributed by atoms with E-state index < -0.39 is 10.8 Å². The van der Waals surface area contributed by atoms with E-state index in [0.29, 0.717) is 12.5 Å². The first-order valence-corrected chi connectivity index (χ1v) is 20.6. The fraction of sp³-hybridized carbons (Fsp3) is 0.609. The first-order valence-electron chi connectivity index (χ1n) is 20.6. The maximum Gasteiger partial charge on any atom is 0.313 e. The Morgan fingerprint density at radius 3 is 2.36 bits per heavy atom. The molecule has 2 heterocycles. The Balaban J connectivity index is 1.09. The highest BCUT2D eigenvalue weighted by molar-refractivity contribution is 5.82. The zero-order valence-electron chi connectivity index (χ0n) is 33.6. The molecule has 0 spiro atoms. The normalized spacial score (nSPS) is 35.7. The van der Waals surface area contributed by atoms with Crippen LogP contribution in [0.5, 0.6) is 0 Å². The van der Waals surface area contributed by atoms with E-state index in [1.54, 1.807) is 30.9 Å². The SMILES string of the molecule is CC1(C)CC[C@]2(C(=O)OCc3ccccc3)CC[C@]3(C)C(=CC[C@@H]4[C@@]5(C)Cc6nccnc6[C@@](C)(COC(=O)CCC(=O)n6cccn6)[C@@H]5CC[C@]43C)[C@@H]2C1. The van der Waals surface area contributed by atoms with Crippen molar-refractivity contribution in [3.8, 4) is 0 Å². The lowest BCUT2D eigenvalue weighted by molar-refractivity contribution is -0.185. The number of fused-ring (bicyclic) bond motifs is 8. The Kier molecular flexibility index (Phi) is 9.28. The maximum absolute atomic E-state index is 14.4. The van der Waals surface area contributed by atoms with Crippen molar-refractivity contribution in [1.29, 1.82) is 0 Å². The van der Waals surface area contributed by atoms with E-state index in [1.807, 2.05) is 30.3 Å². The van der Waals surface area contributed by atoms with Gasteiger partial charge in [0, 0.05) is 36.6 Å². The second-order valence-corrected chi connectivity index (χ2v) is 19.4. The van der Waals surface area contributed by atoms with E-state index in [4.69, 9.17) is 19.4 Å². The molecule has 2 aromatic heterocycles. The minimum absolute atomic E-state index is 0.00405. The molecule has 8 atom stereocenters. The van der Waals surface area contributed by atoms with Gasteiger partial charge in [0.2, 0.25) is 5.91 Å². The van der Waals surface area contributed by atoms with E-state index in [0.717, 1.165) is 74.7 Å². The summed E-state index contributed by atoms with van der Waals surface area (Å²) in [6, 6.07) is 11.7. The number of ether oxygens (including phenoxy) is 2. The van der Waals surface area contributed by atoms with E-state index in [-0.39, 0.29) is 70.8 Å². The summed E-state index contributed by atoms with van der Waals surface area (Å²) in [7, 11) is 0. The van der Waals surface area contributed by atoms with Crippen molar-refractivity contribution in [2.45, 2.75) is 124 Å². The van der Waals surface area contributed by atoms with Crippen LogP contribution in [0.1, 0.15) is 127 Å². The monoisotopic (exact) mass is 746 g/mol. The number of esters is 2. The highest BCUT2D eigenvalue weighted by atomic mass is 16.5. The molecule has 8 rings (SSSR count). The number of hydrogen-bond acceptors (Lipinski definition) is 8. The lowest BCUT2D eigenvalue weighted by atomic mass is 9.33. The molecular weight excluding hydrogens is 689 g/mol. The van der Waals surface area contributed by atoms with Gasteiger partial charge in [0.1, 0.15) is 13.2 Å². The van der Waals surface area contributed by atoms with Gasteiger partial charge in [-0.1, -0.05) is 83.5 Å². The highest BCUT2D eigenvalue weighted by Gasteiger charge is 2.70. The van der Waals surface area contributed by atoms with Crippen LogP contribution in [0, 0.1) is 44.8 Å². The van der Waals surface area contributed by atoms with E-state index >= 15 is 0 Å². The molecule has 1 aromatic carbocycles. The summed E-state index contributed by atoms with van der Waals surface area (Å²) in [6.45, 7) is 15.0. The third-order valence-corrected chi connectivity index (χ3v) is 16.0. The third kappa shape index (κ3) is 6.01. The van der Waals surface area contributed by atoms with Crippen LogP contribution in [-0.2, 0) is 37.5 Å². The summed E-state index contributed by atoms with van der Waals surface area (Å²) in [5.74, 6) is 0.0919. The Morgan fingerprint density at radius 2 is 1.60 bits per heavy atom. The molecule has 3 aromatic rings. The van der Waals surface area contributed by atoms with Crippen molar-refractivity contribution in [2.75, 3.05) is 6.61 Å². The molecule has 3 fully saturated rings. The average molecular weight is 747 g/mol. The molecule has 3 saturated carbocycles. The summed E-state index contributed by atoms with van der Waals surface area (Å²) in [4.78, 5) is 50.0. The van der Waals surface area contributed by atoms with Gasteiger partial charge in [-0.05, 0) is 109 Å². The molecule has 5 aliphatic rings. The first-order chi connectivity index (χ1) is 26.2.